The number of hydrogen-bond donors (Lipinski definition) is 1. The Morgan fingerprint density at radius 1 is 1.56 bits per heavy atom. The van der Waals surface area contributed by atoms with Crippen LogP contribution in [0.3, 0.4) is 0 Å². The number of benzene rings is 1. The van der Waals surface area contributed by atoms with Crippen molar-refractivity contribution in [3.05, 3.63) is 34.6 Å². The lowest BCUT2D eigenvalue weighted by Crippen LogP contribution is -2.22. The van der Waals surface area contributed by atoms with Gasteiger partial charge in [-0.25, -0.2) is 4.39 Å². The van der Waals surface area contributed by atoms with Gasteiger partial charge in [-0.2, -0.15) is 11.8 Å². The van der Waals surface area contributed by atoms with Crippen molar-refractivity contribution in [2.45, 2.75) is 18.9 Å². The van der Waals surface area contributed by atoms with E-state index in [1.807, 2.05) is 11.8 Å². The summed E-state index contributed by atoms with van der Waals surface area (Å²) in [5.41, 5.74) is 0.811. The summed E-state index contributed by atoms with van der Waals surface area (Å²) in [6.07, 6.45) is 1.21. The van der Waals surface area contributed by atoms with E-state index in [9.17, 15) is 9.50 Å². The average Bonchev–Trinajstić information content (AvgIpc) is 2.77. The highest BCUT2D eigenvalue weighted by molar-refractivity contribution is 7.99. The summed E-state index contributed by atoms with van der Waals surface area (Å²) in [6, 6.07) is 4.73. The van der Waals surface area contributed by atoms with Gasteiger partial charge in [-0.15, -0.1) is 0 Å². The van der Waals surface area contributed by atoms with Crippen LogP contribution >= 0.6 is 23.4 Å². The van der Waals surface area contributed by atoms with E-state index in [1.165, 1.54) is 6.07 Å². The maximum Gasteiger partial charge on any atom is 0.142 e. The van der Waals surface area contributed by atoms with Crippen LogP contribution < -0.4 is 0 Å². The third-order valence-corrected chi connectivity index (χ3v) is 4.43. The largest absolute Gasteiger partial charge is 0.392 e. The monoisotopic (exact) mass is 260 g/mol. The van der Waals surface area contributed by atoms with Gasteiger partial charge in [-0.05, 0) is 48.0 Å². The van der Waals surface area contributed by atoms with Crippen molar-refractivity contribution in [1.82, 2.24) is 0 Å². The van der Waals surface area contributed by atoms with Crippen molar-refractivity contribution in [3.8, 4) is 0 Å². The van der Waals surface area contributed by atoms with Crippen molar-refractivity contribution in [2.24, 2.45) is 5.92 Å². The summed E-state index contributed by atoms with van der Waals surface area (Å²) in [5, 5.41) is 10.1. The second-order valence-electron chi connectivity index (χ2n) is 4.14. The fourth-order valence-electron chi connectivity index (χ4n) is 1.93. The molecule has 1 fully saturated rings. The van der Waals surface area contributed by atoms with Gasteiger partial charge in [0.25, 0.3) is 0 Å². The van der Waals surface area contributed by atoms with Crippen molar-refractivity contribution >= 4 is 23.4 Å². The zero-order valence-corrected chi connectivity index (χ0v) is 10.4. The second-order valence-corrected chi connectivity index (χ2v) is 5.70. The SMILES string of the molecule is OC(Cc1ccc(Cl)c(F)c1)C1CCSC1. The van der Waals surface area contributed by atoms with Crippen LogP contribution in [0, 0.1) is 11.7 Å². The molecular weight excluding hydrogens is 247 g/mol. The molecule has 0 spiro atoms. The molecule has 0 bridgehead atoms. The van der Waals surface area contributed by atoms with Gasteiger partial charge in [-0.3, -0.25) is 0 Å². The predicted molar refractivity (Wildman–Crippen MR) is 66.6 cm³/mol. The Bertz CT molecular complexity index is 366. The molecule has 1 aliphatic heterocycles. The molecule has 0 amide bonds. The van der Waals surface area contributed by atoms with E-state index in [-0.39, 0.29) is 11.1 Å². The smallest absolute Gasteiger partial charge is 0.142 e. The minimum absolute atomic E-state index is 0.134. The van der Waals surface area contributed by atoms with E-state index < -0.39 is 5.82 Å². The lowest BCUT2D eigenvalue weighted by molar-refractivity contribution is 0.120. The summed E-state index contributed by atoms with van der Waals surface area (Å²) in [5.74, 6) is 2.07. The third-order valence-electron chi connectivity index (χ3n) is 2.94. The molecule has 4 heteroatoms. The summed E-state index contributed by atoms with van der Waals surface area (Å²) >= 11 is 7.47. The van der Waals surface area contributed by atoms with Crippen LogP contribution in [0.4, 0.5) is 4.39 Å². The van der Waals surface area contributed by atoms with E-state index >= 15 is 0 Å². The molecule has 0 radical (unpaired) electrons. The minimum atomic E-state index is -0.410. The number of rotatable bonds is 3. The van der Waals surface area contributed by atoms with Gasteiger partial charge in [0.15, 0.2) is 0 Å². The average molecular weight is 261 g/mol. The first-order chi connectivity index (χ1) is 7.66. The topological polar surface area (TPSA) is 20.2 Å². The highest BCUT2D eigenvalue weighted by atomic mass is 35.5. The number of aliphatic hydroxyl groups is 1. The zero-order chi connectivity index (χ0) is 11.5. The van der Waals surface area contributed by atoms with Crippen LogP contribution in [-0.4, -0.2) is 22.7 Å². The highest BCUT2D eigenvalue weighted by Gasteiger charge is 2.23. The number of halogens is 2. The predicted octanol–water partition coefficient (Wildman–Crippen LogP) is 3.14. The molecule has 1 nitrogen and oxygen atoms in total. The summed E-state index contributed by atoms with van der Waals surface area (Å²) in [7, 11) is 0. The van der Waals surface area contributed by atoms with Crippen molar-refractivity contribution < 1.29 is 9.50 Å². The maximum atomic E-state index is 13.2. The third kappa shape index (κ3) is 2.90. The molecule has 1 aromatic carbocycles. The molecule has 1 heterocycles. The van der Waals surface area contributed by atoms with Crippen LogP contribution in [0.5, 0.6) is 0 Å². The van der Waals surface area contributed by atoms with Gasteiger partial charge in [-0.1, -0.05) is 17.7 Å². The summed E-state index contributed by atoms with van der Waals surface area (Å²) in [4.78, 5) is 0. The van der Waals surface area contributed by atoms with Gasteiger partial charge in [0, 0.05) is 0 Å². The van der Waals surface area contributed by atoms with E-state index in [2.05, 4.69) is 0 Å². The molecule has 1 saturated heterocycles. The Balaban J connectivity index is 1.99. The standard InChI is InChI=1S/C12H14ClFOS/c13-10-2-1-8(5-11(10)14)6-12(15)9-3-4-16-7-9/h1-2,5,9,12,15H,3-4,6-7H2. The maximum absolute atomic E-state index is 13.2. The molecule has 1 aliphatic rings. The van der Waals surface area contributed by atoms with E-state index in [1.54, 1.807) is 12.1 Å². The van der Waals surface area contributed by atoms with Crippen molar-refractivity contribution in [1.29, 1.82) is 0 Å². The van der Waals surface area contributed by atoms with E-state index in [0.29, 0.717) is 12.3 Å². The molecule has 88 valence electrons. The van der Waals surface area contributed by atoms with Crippen LogP contribution in [-0.2, 0) is 6.42 Å². The first-order valence-corrected chi connectivity index (χ1v) is 6.90. The van der Waals surface area contributed by atoms with Crippen LogP contribution in [0.1, 0.15) is 12.0 Å². The minimum Gasteiger partial charge on any atom is -0.392 e. The Kier molecular flexibility index (Phi) is 4.11. The summed E-state index contributed by atoms with van der Waals surface area (Å²) in [6.45, 7) is 0. The molecular formula is C12H14ClFOS. The van der Waals surface area contributed by atoms with Crippen LogP contribution in [0.2, 0.25) is 5.02 Å². The summed E-state index contributed by atoms with van der Waals surface area (Å²) < 4.78 is 13.2. The van der Waals surface area contributed by atoms with E-state index in [4.69, 9.17) is 11.6 Å². The second kappa shape index (κ2) is 5.39. The molecule has 1 N–H and O–H groups in total. The molecule has 2 unspecified atom stereocenters. The Morgan fingerprint density at radius 2 is 2.38 bits per heavy atom. The molecule has 1 aromatic rings. The van der Waals surface area contributed by atoms with Gasteiger partial charge < -0.3 is 5.11 Å². The first kappa shape index (κ1) is 12.2. The lowest BCUT2D eigenvalue weighted by Gasteiger charge is -2.17. The number of hydrogen-bond acceptors (Lipinski definition) is 2. The molecule has 2 atom stereocenters. The van der Waals surface area contributed by atoms with Gasteiger partial charge in [0.1, 0.15) is 5.82 Å². The Morgan fingerprint density at radius 3 is 3.00 bits per heavy atom. The highest BCUT2D eigenvalue weighted by Crippen LogP contribution is 2.28. The van der Waals surface area contributed by atoms with E-state index in [0.717, 1.165) is 23.5 Å². The van der Waals surface area contributed by atoms with Gasteiger partial charge in [0.2, 0.25) is 0 Å². The first-order valence-electron chi connectivity index (χ1n) is 5.36. The van der Waals surface area contributed by atoms with Crippen molar-refractivity contribution in [3.63, 3.8) is 0 Å². The van der Waals surface area contributed by atoms with Gasteiger partial charge >= 0.3 is 0 Å². The number of thioether (sulfide) groups is 1. The van der Waals surface area contributed by atoms with Crippen molar-refractivity contribution in [2.75, 3.05) is 11.5 Å². The Hall–Kier alpha value is -0.250. The van der Waals surface area contributed by atoms with Crippen LogP contribution in [0.25, 0.3) is 0 Å². The van der Waals surface area contributed by atoms with Crippen LogP contribution in [0.15, 0.2) is 18.2 Å². The number of aliphatic hydroxyl groups excluding tert-OH is 1. The zero-order valence-electron chi connectivity index (χ0n) is 8.83. The molecule has 2 rings (SSSR count). The molecule has 0 aromatic heterocycles. The molecule has 16 heavy (non-hydrogen) atoms. The molecule has 0 aliphatic carbocycles. The lowest BCUT2D eigenvalue weighted by atomic mass is 9.96. The van der Waals surface area contributed by atoms with Gasteiger partial charge in [0.05, 0.1) is 11.1 Å². The fourth-order valence-corrected chi connectivity index (χ4v) is 3.38. The quantitative estimate of drug-likeness (QED) is 0.901. The fraction of sp³-hybridized carbons (Fsp3) is 0.500. The Labute approximate surface area is 104 Å². The molecule has 0 saturated carbocycles. The normalized spacial score (nSPS) is 22.3.